The Balaban J connectivity index is 2.27. The third-order valence-electron chi connectivity index (χ3n) is 3.69. The number of aromatic carboxylic acids is 1. The van der Waals surface area contributed by atoms with Gasteiger partial charge in [0.25, 0.3) is 5.91 Å². The fourth-order valence-electron chi connectivity index (χ4n) is 2.30. The molecule has 0 heterocycles. The van der Waals surface area contributed by atoms with E-state index in [9.17, 15) is 23.1 Å². The zero-order valence-electron chi connectivity index (χ0n) is 14.9. The number of carboxylic acid groups (broad SMARTS) is 1. The molecule has 8 heteroatoms. The van der Waals surface area contributed by atoms with Crippen LogP contribution in [0.15, 0.2) is 59.5 Å². The Bertz CT molecular complexity index is 997. The number of sulfonamides is 1. The number of nitrogens with one attached hydrogen (secondary N) is 2. The lowest BCUT2D eigenvalue weighted by molar-refractivity contribution is 0.0698. The van der Waals surface area contributed by atoms with Crippen LogP contribution in [0.1, 0.15) is 33.2 Å². The van der Waals surface area contributed by atoms with E-state index in [1.54, 1.807) is 32.1 Å². The third-order valence-corrected chi connectivity index (χ3v) is 5.11. The molecule has 0 unspecified atom stereocenters. The largest absolute Gasteiger partial charge is 0.478 e. The highest BCUT2D eigenvalue weighted by atomic mass is 32.2. The van der Waals surface area contributed by atoms with Crippen LogP contribution >= 0.6 is 0 Å². The van der Waals surface area contributed by atoms with Crippen LogP contribution in [0.2, 0.25) is 0 Å². The summed E-state index contributed by atoms with van der Waals surface area (Å²) in [7, 11) is -3.76. The van der Waals surface area contributed by atoms with Gasteiger partial charge in [-0.05, 0) is 44.2 Å². The van der Waals surface area contributed by atoms with Crippen LogP contribution in [0, 0.1) is 6.92 Å². The van der Waals surface area contributed by atoms with Crippen LogP contribution in [0.3, 0.4) is 0 Å². The van der Waals surface area contributed by atoms with Crippen LogP contribution in [0.5, 0.6) is 0 Å². The van der Waals surface area contributed by atoms with Crippen molar-refractivity contribution in [1.29, 1.82) is 0 Å². The van der Waals surface area contributed by atoms with Crippen LogP contribution < -0.4 is 10.0 Å². The molecule has 0 aliphatic heterocycles. The first-order chi connectivity index (χ1) is 12.7. The Morgan fingerprint density at radius 2 is 1.89 bits per heavy atom. The molecule has 2 aromatic carbocycles. The molecule has 0 spiro atoms. The van der Waals surface area contributed by atoms with E-state index in [1.165, 1.54) is 36.4 Å². The molecule has 0 atom stereocenters. The predicted molar refractivity (Wildman–Crippen MR) is 103 cm³/mol. The van der Waals surface area contributed by atoms with Crippen molar-refractivity contribution in [3.05, 3.63) is 71.3 Å². The molecule has 2 rings (SSSR count). The van der Waals surface area contributed by atoms with Gasteiger partial charge in [-0.15, -0.1) is 0 Å². The zero-order valence-corrected chi connectivity index (χ0v) is 15.7. The highest BCUT2D eigenvalue weighted by Crippen LogP contribution is 2.19. The summed E-state index contributed by atoms with van der Waals surface area (Å²) in [4.78, 5) is 23.8. The van der Waals surface area contributed by atoms with Gasteiger partial charge in [-0.2, -0.15) is 0 Å². The predicted octanol–water partition coefficient (Wildman–Crippen LogP) is 2.80. The highest BCUT2D eigenvalue weighted by Gasteiger charge is 2.17. The Morgan fingerprint density at radius 1 is 1.15 bits per heavy atom. The van der Waals surface area contributed by atoms with E-state index < -0.39 is 21.9 Å². The van der Waals surface area contributed by atoms with Gasteiger partial charge >= 0.3 is 5.97 Å². The van der Waals surface area contributed by atoms with Crippen molar-refractivity contribution < 1.29 is 23.1 Å². The molecule has 7 nitrogen and oxygen atoms in total. The van der Waals surface area contributed by atoms with E-state index >= 15 is 0 Å². The summed E-state index contributed by atoms with van der Waals surface area (Å²) in [5.74, 6) is -1.77. The maximum atomic E-state index is 12.5. The molecule has 0 saturated heterocycles. The van der Waals surface area contributed by atoms with Crippen LogP contribution in [0.4, 0.5) is 5.69 Å². The first-order valence-electron chi connectivity index (χ1n) is 8.11. The second kappa shape index (κ2) is 8.61. The van der Waals surface area contributed by atoms with E-state index in [1.807, 2.05) is 0 Å². The SMILES string of the molecule is C/C=C\CNS(=O)(=O)c1cccc(C(=O)Nc2ccc(C)cc2C(=O)O)c1. The minimum absolute atomic E-state index is 0.0415. The number of amides is 1. The van der Waals surface area contributed by atoms with Gasteiger partial charge in [0.05, 0.1) is 16.1 Å². The van der Waals surface area contributed by atoms with E-state index in [4.69, 9.17) is 0 Å². The Morgan fingerprint density at radius 3 is 2.56 bits per heavy atom. The summed E-state index contributed by atoms with van der Waals surface area (Å²) in [6.45, 7) is 3.66. The molecular formula is C19H20N2O5S. The van der Waals surface area contributed by atoms with Gasteiger partial charge in [0.2, 0.25) is 10.0 Å². The first kappa shape index (κ1) is 20.3. The summed E-state index contributed by atoms with van der Waals surface area (Å²) in [5, 5.41) is 11.8. The summed E-state index contributed by atoms with van der Waals surface area (Å²) >= 11 is 0. The number of carbonyl (C=O) groups is 2. The third kappa shape index (κ3) is 5.25. The average Bonchev–Trinajstić information content (AvgIpc) is 2.63. The minimum atomic E-state index is -3.76. The van der Waals surface area contributed by atoms with Gasteiger partial charge in [0.15, 0.2) is 0 Å². The summed E-state index contributed by atoms with van der Waals surface area (Å²) in [5.41, 5.74) is 0.934. The van der Waals surface area contributed by atoms with Crippen molar-refractivity contribution in [2.75, 3.05) is 11.9 Å². The fraction of sp³-hybridized carbons (Fsp3) is 0.158. The van der Waals surface area contributed by atoms with Gasteiger partial charge in [0.1, 0.15) is 0 Å². The van der Waals surface area contributed by atoms with Crippen molar-refractivity contribution in [3.8, 4) is 0 Å². The molecule has 0 aliphatic carbocycles. The van der Waals surface area contributed by atoms with Crippen LogP contribution in [-0.2, 0) is 10.0 Å². The Kier molecular flexibility index (Phi) is 6.49. The lowest BCUT2D eigenvalue weighted by atomic mass is 10.1. The minimum Gasteiger partial charge on any atom is -0.478 e. The van der Waals surface area contributed by atoms with E-state index in [0.717, 1.165) is 5.56 Å². The normalized spacial score (nSPS) is 11.5. The number of anilines is 1. The van der Waals surface area contributed by atoms with E-state index in [2.05, 4.69) is 10.0 Å². The lowest BCUT2D eigenvalue weighted by Gasteiger charge is -2.10. The smallest absolute Gasteiger partial charge is 0.337 e. The van der Waals surface area contributed by atoms with Gasteiger partial charge in [0, 0.05) is 12.1 Å². The number of benzene rings is 2. The monoisotopic (exact) mass is 388 g/mol. The van der Waals surface area contributed by atoms with Crippen LogP contribution in [0.25, 0.3) is 0 Å². The van der Waals surface area contributed by atoms with Crippen molar-refractivity contribution >= 4 is 27.6 Å². The van der Waals surface area contributed by atoms with Crippen molar-refractivity contribution in [2.24, 2.45) is 0 Å². The number of hydrogen-bond donors (Lipinski definition) is 3. The molecule has 2 aromatic rings. The molecule has 27 heavy (non-hydrogen) atoms. The Hall–Kier alpha value is -2.97. The number of aryl methyl sites for hydroxylation is 1. The summed E-state index contributed by atoms with van der Waals surface area (Å²) in [6.07, 6.45) is 3.37. The van der Waals surface area contributed by atoms with Crippen molar-refractivity contribution in [1.82, 2.24) is 4.72 Å². The number of carboxylic acids is 1. The summed E-state index contributed by atoms with van der Waals surface area (Å²) < 4.78 is 26.9. The molecular weight excluding hydrogens is 368 g/mol. The van der Waals surface area contributed by atoms with Gasteiger partial charge in [-0.1, -0.05) is 29.8 Å². The van der Waals surface area contributed by atoms with Crippen molar-refractivity contribution in [3.63, 3.8) is 0 Å². The number of allylic oxidation sites excluding steroid dienone is 1. The first-order valence-corrected chi connectivity index (χ1v) is 9.59. The average molecular weight is 388 g/mol. The van der Waals surface area contributed by atoms with Crippen LogP contribution in [-0.4, -0.2) is 31.9 Å². The van der Waals surface area contributed by atoms with Gasteiger partial charge in [-0.3, -0.25) is 4.79 Å². The molecule has 0 aromatic heterocycles. The quantitative estimate of drug-likeness (QED) is 0.631. The Labute approximate surface area is 157 Å². The second-order valence-corrected chi connectivity index (χ2v) is 7.52. The molecule has 0 saturated carbocycles. The topological polar surface area (TPSA) is 113 Å². The molecule has 142 valence electrons. The zero-order chi connectivity index (χ0) is 20.0. The molecule has 3 N–H and O–H groups in total. The number of rotatable bonds is 7. The standard InChI is InChI=1S/C19H20N2O5S/c1-3-4-10-20-27(25,26)15-7-5-6-14(12-15)18(22)21-17-9-8-13(2)11-16(17)19(23)24/h3-9,11-12,20H,10H2,1-2H3,(H,21,22)(H,23,24)/b4-3-. The number of carbonyl (C=O) groups excluding carboxylic acids is 1. The highest BCUT2D eigenvalue weighted by molar-refractivity contribution is 7.89. The fourth-order valence-corrected chi connectivity index (χ4v) is 3.32. The molecule has 0 radical (unpaired) electrons. The van der Waals surface area contributed by atoms with E-state index in [0.29, 0.717) is 0 Å². The van der Waals surface area contributed by atoms with E-state index in [-0.39, 0.29) is 28.3 Å². The second-order valence-electron chi connectivity index (χ2n) is 5.76. The molecule has 0 aliphatic rings. The molecule has 0 bridgehead atoms. The summed E-state index contributed by atoms with van der Waals surface area (Å²) in [6, 6.07) is 10.1. The number of hydrogen-bond acceptors (Lipinski definition) is 4. The molecule has 0 fully saturated rings. The molecule has 1 amide bonds. The van der Waals surface area contributed by atoms with Crippen molar-refractivity contribution in [2.45, 2.75) is 18.7 Å². The maximum absolute atomic E-state index is 12.5. The maximum Gasteiger partial charge on any atom is 0.337 e. The van der Waals surface area contributed by atoms with Gasteiger partial charge < -0.3 is 10.4 Å². The lowest BCUT2D eigenvalue weighted by Crippen LogP contribution is -2.24. The van der Waals surface area contributed by atoms with Gasteiger partial charge in [-0.25, -0.2) is 17.9 Å².